The summed E-state index contributed by atoms with van der Waals surface area (Å²) in [6.07, 6.45) is 6.06. The van der Waals surface area contributed by atoms with E-state index in [4.69, 9.17) is 4.74 Å². The zero-order chi connectivity index (χ0) is 20.8. The molecule has 4 rings (SSSR count). The summed E-state index contributed by atoms with van der Waals surface area (Å²) in [7, 11) is 1.53. The quantitative estimate of drug-likeness (QED) is 0.492. The van der Waals surface area contributed by atoms with Gasteiger partial charge in [0.05, 0.1) is 19.0 Å². The molecule has 2 heterocycles. The van der Waals surface area contributed by atoms with Gasteiger partial charge in [0, 0.05) is 31.9 Å². The van der Waals surface area contributed by atoms with Crippen LogP contribution in [-0.4, -0.2) is 38.9 Å². The Balaban J connectivity index is 1.39. The minimum atomic E-state index is -0.275. The van der Waals surface area contributed by atoms with Gasteiger partial charge in [0.2, 0.25) is 0 Å². The lowest BCUT2D eigenvalue weighted by Gasteiger charge is -2.09. The molecule has 0 aliphatic carbocycles. The summed E-state index contributed by atoms with van der Waals surface area (Å²) < 4.78 is 9.07. The van der Waals surface area contributed by atoms with E-state index in [0.717, 1.165) is 18.1 Å². The van der Waals surface area contributed by atoms with E-state index in [1.165, 1.54) is 12.7 Å². The molecule has 0 radical (unpaired) electrons. The van der Waals surface area contributed by atoms with E-state index >= 15 is 0 Å². The third kappa shape index (κ3) is 4.41. The van der Waals surface area contributed by atoms with Gasteiger partial charge in [-0.15, -0.1) is 0 Å². The van der Waals surface area contributed by atoms with Gasteiger partial charge in [-0.05, 0) is 17.7 Å². The van der Waals surface area contributed by atoms with Crippen LogP contribution in [0.3, 0.4) is 0 Å². The maximum absolute atomic E-state index is 12.7. The van der Waals surface area contributed by atoms with Crippen LogP contribution in [-0.2, 0) is 13.0 Å². The first-order valence-corrected chi connectivity index (χ1v) is 9.76. The Kier molecular flexibility index (Phi) is 5.89. The van der Waals surface area contributed by atoms with E-state index in [9.17, 15) is 4.79 Å². The summed E-state index contributed by atoms with van der Waals surface area (Å²) in [6, 6.07) is 19.8. The third-order valence-corrected chi connectivity index (χ3v) is 4.77. The average Bonchev–Trinajstić information content (AvgIpc) is 3.42. The minimum Gasteiger partial charge on any atom is -0.493 e. The average molecular weight is 401 g/mol. The summed E-state index contributed by atoms with van der Waals surface area (Å²) in [5.41, 5.74) is 2.32. The van der Waals surface area contributed by atoms with Crippen LogP contribution < -0.4 is 10.1 Å². The SMILES string of the molecule is COc1cn(-c2ccccc2)nc1C(=O)NCCc1nccn1Cc1ccccc1. The van der Waals surface area contributed by atoms with Gasteiger partial charge in [-0.1, -0.05) is 48.5 Å². The fourth-order valence-corrected chi connectivity index (χ4v) is 3.24. The topological polar surface area (TPSA) is 74.0 Å². The van der Waals surface area contributed by atoms with Gasteiger partial charge in [-0.3, -0.25) is 4.79 Å². The van der Waals surface area contributed by atoms with Crippen molar-refractivity contribution in [2.45, 2.75) is 13.0 Å². The van der Waals surface area contributed by atoms with E-state index in [1.54, 1.807) is 17.1 Å². The first kappa shape index (κ1) is 19.4. The molecule has 152 valence electrons. The van der Waals surface area contributed by atoms with Crippen molar-refractivity contribution in [1.29, 1.82) is 0 Å². The second-order valence-electron chi connectivity index (χ2n) is 6.79. The van der Waals surface area contributed by atoms with Crippen molar-refractivity contribution >= 4 is 5.91 Å². The van der Waals surface area contributed by atoms with E-state index in [1.807, 2.05) is 54.7 Å². The number of carbonyl (C=O) groups is 1. The lowest BCUT2D eigenvalue weighted by atomic mass is 10.2. The molecule has 7 heteroatoms. The number of methoxy groups -OCH3 is 1. The molecule has 0 atom stereocenters. The highest BCUT2D eigenvalue weighted by molar-refractivity contribution is 5.94. The predicted molar refractivity (Wildman–Crippen MR) is 114 cm³/mol. The molecule has 0 bridgehead atoms. The van der Waals surface area contributed by atoms with Gasteiger partial charge in [-0.25, -0.2) is 9.67 Å². The van der Waals surface area contributed by atoms with Crippen LogP contribution >= 0.6 is 0 Å². The van der Waals surface area contributed by atoms with E-state index in [-0.39, 0.29) is 11.6 Å². The molecule has 0 unspecified atom stereocenters. The van der Waals surface area contributed by atoms with Gasteiger partial charge in [0.25, 0.3) is 5.91 Å². The van der Waals surface area contributed by atoms with Crippen LogP contribution in [0.2, 0.25) is 0 Å². The number of aromatic nitrogens is 4. The number of benzene rings is 2. The van der Waals surface area contributed by atoms with Crippen molar-refractivity contribution in [3.63, 3.8) is 0 Å². The lowest BCUT2D eigenvalue weighted by molar-refractivity contribution is 0.0945. The number of nitrogens with zero attached hydrogens (tertiary/aromatic N) is 4. The van der Waals surface area contributed by atoms with Crippen molar-refractivity contribution in [2.75, 3.05) is 13.7 Å². The van der Waals surface area contributed by atoms with Gasteiger partial charge in [0.15, 0.2) is 11.4 Å². The molecule has 0 aliphatic heterocycles. The highest BCUT2D eigenvalue weighted by Gasteiger charge is 2.18. The predicted octanol–water partition coefficient (Wildman–Crippen LogP) is 3.10. The van der Waals surface area contributed by atoms with Gasteiger partial charge >= 0.3 is 0 Å². The molecular weight excluding hydrogens is 378 g/mol. The molecule has 4 aromatic rings. The van der Waals surface area contributed by atoms with Crippen molar-refractivity contribution in [3.8, 4) is 11.4 Å². The zero-order valence-corrected chi connectivity index (χ0v) is 16.7. The van der Waals surface area contributed by atoms with Crippen LogP contribution in [0.1, 0.15) is 21.9 Å². The van der Waals surface area contributed by atoms with Crippen molar-refractivity contribution in [1.82, 2.24) is 24.6 Å². The van der Waals surface area contributed by atoms with Crippen LogP contribution in [0.4, 0.5) is 0 Å². The molecule has 30 heavy (non-hydrogen) atoms. The van der Waals surface area contributed by atoms with Crippen molar-refractivity contribution < 1.29 is 9.53 Å². The van der Waals surface area contributed by atoms with E-state index in [2.05, 4.69) is 32.1 Å². The molecule has 0 saturated carbocycles. The van der Waals surface area contributed by atoms with Gasteiger partial charge in [-0.2, -0.15) is 5.10 Å². The Morgan fingerprint density at radius 1 is 1.07 bits per heavy atom. The summed E-state index contributed by atoms with van der Waals surface area (Å²) in [5, 5.41) is 7.32. The largest absolute Gasteiger partial charge is 0.493 e. The molecule has 0 saturated heterocycles. The van der Waals surface area contributed by atoms with Crippen molar-refractivity contribution in [3.05, 3.63) is 96.3 Å². The second-order valence-corrected chi connectivity index (χ2v) is 6.79. The molecule has 0 spiro atoms. The number of amides is 1. The summed E-state index contributed by atoms with van der Waals surface area (Å²) in [6.45, 7) is 1.20. The maximum Gasteiger partial charge on any atom is 0.275 e. The fourth-order valence-electron chi connectivity index (χ4n) is 3.24. The minimum absolute atomic E-state index is 0.258. The monoisotopic (exact) mass is 401 g/mol. The number of nitrogens with one attached hydrogen (secondary N) is 1. The standard InChI is InChI=1S/C23H23N5O2/c1-30-20-17-28(19-10-6-3-7-11-19)26-22(20)23(29)25-13-12-21-24-14-15-27(21)16-18-8-4-2-5-9-18/h2-11,14-15,17H,12-13,16H2,1H3,(H,25,29). The molecule has 7 nitrogen and oxygen atoms in total. The number of hydrogen-bond acceptors (Lipinski definition) is 4. The summed E-state index contributed by atoms with van der Waals surface area (Å²) >= 11 is 0. The van der Waals surface area contributed by atoms with Crippen LogP contribution in [0.15, 0.2) is 79.3 Å². The molecule has 0 fully saturated rings. The number of carbonyl (C=O) groups excluding carboxylic acids is 1. The Bertz CT molecular complexity index is 1100. The number of imidazole rings is 1. The number of hydrogen-bond donors (Lipinski definition) is 1. The van der Waals surface area contributed by atoms with Crippen LogP contribution in [0.25, 0.3) is 5.69 Å². The van der Waals surface area contributed by atoms with Crippen molar-refractivity contribution in [2.24, 2.45) is 0 Å². The molecular formula is C23H23N5O2. The highest BCUT2D eigenvalue weighted by atomic mass is 16.5. The Labute approximate surface area is 174 Å². The zero-order valence-electron chi connectivity index (χ0n) is 16.7. The first-order valence-electron chi connectivity index (χ1n) is 9.76. The Morgan fingerprint density at radius 3 is 2.53 bits per heavy atom. The fraction of sp³-hybridized carbons (Fsp3) is 0.174. The molecule has 1 N–H and O–H groups in total. The first-order chi connectivity index (χ1) is 14.7. The number of ether oxygens (including phenoxy) is 1. The summed E-state index contributed by atoms with van der Waals surface area (Å²) in [5.74, 6) is 1.07. The smallest absolute Gasteiger partial charge is 0.275 e. The van der Waals surface area contributed by atoms with Gasteiger partial charge < -0.3 is 14.6 Å². The third-order valence-electron chi connectivity index (χ3n) is 4.77. The van der Waals surface area contributed by atoms with E-state index in [0.29, 0.717) is 18.7 Å². The van der Waals surface area contributed by atoms with E-state index < -0.39 is 0 Å². The van der Waals surface area contributed by atoms with Gasteiger partial charge in [0.1, 0.15) is 5.82 Å². The Hall–Kier alpha value is -3.87. The molecule has 2 aromatic heterocycles. The molecule has 0 aliphatic rings. The summed E-state index contributed by atoms with van der Waals surface area (Å²) in [4.78, 5) is 17.1. The molecule has 1 amide bonds. The van der Waals surface area contributed by atoms with Crippen LogP contribution in [0.5, 0.6) is 5.75 Å². The normalized spacial score (nSPS) is 10.7. The maximum atomic E-state index is 12.7. The Morgan fingerprint density at radius 2 is 1.80 bits per heavy atom. The number of rotatable bonds is 8. The molecule has 2 aromatic carbocycles. The number of para-hydroxylation sites is 1. The van der Waals surface area contributed by atoms with Crippen LogP contribution in [0, 0.1) is 0 Å². The lowest BCUT2D eigenvalue weighted by Crippen LogP contribution is -2.27. The highest BCUT2D eigenvalue weighted by Crippen LogP contribution is 2.19. The second kappa shape index (κ2) is 9.09.